The fourth-order valence-electron chi connectivity index (χ4n) is 2.47. The lowest BCUT2D eigenvalue weighted by Crippen LogP contribution is -2.30. The molecule has 1 heterocycles. The number of nitrogens with one attached hydrogen (secondary N) is 3. The van der Waals surface area contributed by atoms with Crippen molar-refractivity contribution in [1.82, 2.24) is 15.3 Å². The second-order valence-corrected chi connectivity index (χ2v) is 6.76. The van der Waals surface area contributed by atoms with Crippen molar-refractivity contribution in [2.75, 3.05) is 0 Å². The first kappa shape index (κ1) is 17.4. The van der Waals surface area contributed by atoms with E-state index in [9.17, 15) is 14.4 Å². The van der Waals surface area contributed by atoms with Gasteiger partial charge in [0.1, 0.15) is 0 Å². The van der Waals surface area contributed by atoms with E-state index < -0.39 is 11.1 Å². The van der Waals surface area contributed by atoms with Crippen molar-refractivity contribution in [3.05, 3.63) is 77.7 Å². The quantitative estimate of drug-likeness (QED) is 0.564. The van der Waals surface area contributed by atoms with Gasteiger partial charge in [-0.25, -0.2) is 0 Å². The van der Waals surface area contributed by atoms with Crippen molar-refractivity contribution in [1.29, 1.82) is 0 Å². The minimum atomic E-state index is -0.738. The van der Waals surface area contributed by atoms with Gasteiger partial charge in [-0.3, -0.25) is 14.4 Å². The first-order valence-corrected chi connectivity index (χ1v) is 8.56. The Balaban J connectivity index is 1.82. The van der Waals surface area contributed by atoms with Crippen molar-refractivity contribution in [2.45, 2.75) is 13.0 Å². The largest absolute Gasteiger partial charge is 0.352 e. The maximum Gasteiger partial charge on any atom is 0.314 e. The molecule has 0 bridgehead atoms. The van der Waals surface area contributed by atoms with Crippen LogP contribution in [0.1, 0.15) is 11.1 Å². The minimum absolute atomic E-state index is 0.152. The molecule has 0 unspecified atom stereocenters. The number of rotatable bonds is 4. The Bertz CT molecular complexity index is 1070. The molecule has 0 aliphatic rings. The van der Waals surface area contributed by atoms with E-state index in [2.05, 4.69) is 31.2 Å². The Morgan fingerprint density at radius 1 is 1.08 bits per heavy atom. The number of carbonyl (C=O) groups excluding carboxylic acids is 1. The highest BCUT2D eigenvalue weighted by atomic mass is 79.9. The van der Waals surface area contributed by atoms with Gasteiger partial charge in [-0.05, 0) is 29.3 Å². The van der Waals surface area contributed by atoms with E-state index in [1.54, 1.807) is 30.3 Å². The van der Waals surface area contributed by atoms with Crippen LogP contribution in [0.15, 0.2) is 50.5 Å². The SMILES string of the molecule is O=C(Cc1ccccc1Cl)NCc1cc(Br)cc2[nH]c(=O)c(=O)[nH]c12. The molecule has 8 heteroatoms. The molecule has 0 saturated heterocycles. The molecule has 1 amide bonds. The zero-order chi connectivity index (χ0) is 18.0. The summed E-state index contributed by atoms with van der Waals surface area (Å²) in [4.78, 5) is 40.3. The van der Waals surface area contributed by atoms with Gasteiger partial charge in [0.15, 0.2) is 0 Å². The first-order valence-electron chi connectivity index (χ1n) is 7.39. The fraction of sp³-hybridized carbons (Fsp3) is 0.118. The molecule has 128 valence electrons. The number of hydrogen-bond donors (Lipinski definition) is 3. The number of amides is 1. The molecule has 1 aromatic heterocycles. The third kappa shape index (κ3) is 4.00. The number of aromatic amines is 2. The first-order chi connectivity index (χ1) is 11.9. The molecule has 0 fully saturated rings. The van der Waals surface area contributed by atoms with Gasteiger partial charge in [-0.2, -0.15) is 0 Å². The Hall–Kier alpha value is -2.38. The average molecular weight is 423 g/mol. The molecule has 3 rings (SSSR count). The third-order valence-corrected chi connectivity index (χ3v) is 4.49. The molecule has 0 aliphatic heterocycles. The summed E-state index contributed by atoms with van der Waals surface area (Å²) in [6.07, 6.45) is 0.152. The minimum Gasteiger partial charge on any atom is -0.352 e. The van der Waals surface area contributed by atoms with Gasteiger partial charge in [0.25, 0.3) is 0 Å². The zero-order valence-corrected chi connectivity index (χ0v) is 15.2. The molecule has 0 saturated carbocycles. The van der Waals surface area contributed by atoms with Crippen LogP contribution in [0.3, 0.4) is 0 Å². The lowest BCUT2D eigenvalue weighted by atomic mass is 10.1. The lowest BCUT2D eigenvalue weighted by molar-refractivity contribution is -0.120. The van der Waals surface area contributed by atoms with Crippen molar-refractivity contribution < 1.29 is 4.79 Å². The number of H-pyrrole nitrogens is 2. The van der Waals surface area contributed by atoms with Crippen molar-refractivity contribution in [3.63, 3.8) is 0 Å². The maximum absolute atomic E-state index is 12.2. The number of aromatic nitrogens is 2. The number of hydrogen-bond acceptors (Lipinski definition) is 3. The van der Waals surface area contributed by atoms with Crippen LogP contribution in [-0.4, -0.2) is 15.9 Å². The number of benzene rings is 2. The number of fused-ring (bicyclic) bond motifs is 1. The smallest absolute Gasteiger partial charge is 0.314 e. The Morgan fingerprint density at radius 2 is 1.80 bits per heavy atom. The van der Waals surface area contributed by atoms with Gasteiger partial charge in [-0.1, -0.05) is 45.7 Å². The summed E-state index contributed by atoms with van der Waals surface area (Å²) in [7, 11) is 0. The fourth-order valence-corrected chi connectivity index (χ4v) is 3.18. The summed E-state index contributed by atoms with van der Waals surface area (Å²) in [5.41, 5.74) is 0.904. The summed E-state index contributed by atoms with van der Waals surface area (Å²) in [6.45, 7) is 0.196. The van der Waals surface area contributed by atoms with E-state index in [0.717, 1.165) is 10.0 Å². The van der Waals surface area contributed by atoms with Gasteiger partial charge in [0.2, 0.25) is 5.91 Å². The lowest BCUT2D eigenvalue weighted by Gasteiger charge is -2.10. The molecular formula is C17H13BrClN3O3. The van der Waals surface area contributed by atoms with Gasteiger partial charge < -0.3 is 15.3 Å². The summed E-state index contributed by atoms with van der Waals surface area (Å²) in [6, 6.07) is 10.6. The summed E-state index contributed by atoms with van der Waals surface area (Å²) in [5, 5.41) is 3.33. The molecule has 2 aromatic carbocycles. The van der Waals surface area contributed by atoms with Crippen LogP contribution >= 0.6 is 27.5 Å². The molecule has 6 nitrogen and oxygen atoms in total. The topological polar surface area (TPSA) is 94.8 Å². The normalized spacial score (nSPS) is 10.8. The van der Waals surface area contributed by atoms with E-state index in [-0.39, 0.29) is 18.9 Å². The van der Waals surface area contributed by atoms with Crippen LogP contribution < -0.4 is 16.4 Å². The second kappa shape index (κ2) is 7.25. The molecule has 0 radical (unpaired) electrons. The van der Waals surface area contributed by atoms with Gasteiger partial charge >= 0.3 is 11.1 Å². The highest BCUT2D eigenvalue weighted by Gasteiger charge is 2.10. The van der Waals surface area contributed by atoms with Gasteiger partial charge in [0, 0.05) is 16.0 Å². The summed E-state index contributed by atoms with van der Waals surface area (Å²) >= 11 is 9.41. The van der Waals surface area contributed by atoms with Crippen LogP contribution in [0.25, 0.3) is 11.0 Å². The molecule has 25 heavy (non-hydrogen) atoms. The van der Waals surface area contributed by atoms with Crippen LogP contribution in [-0.2, 0) is 17.8 Å². The standard InChI is InChI=1S/C17H13BrClN3O3/c18-11-5-10(15-13(7-11)21-16(24)17(25)22-15)8-20-14(23)6-9-3-1-2-4-12(9)19/h1-5,7H,6,8H2,(H,20,23)(H,21,24)(H,22,25). The molecule has 3 N–H and O–H groups in total. The van der Waals surface area contributed by atoms with Crippen LogP contribution in [0.2, 0.25) is 5.02 Å². The Labute approximate surface area is 155 Å². The van der Waals surface area contributed by atoms with Crippen molar-refractivity contribution in [3.8, 4) is 0 Å². The van der Waals surface area contributed by atoms with Crippen LogP contribution in [0.5, 0.6) is 0 Å². The number of carbonyl (C=O) groups is 1. The third-order valence-electron chi connectivity index (χ3n) is 3.66. The summed E-state index contributed by atoms with van der Waals surface area (Å²) < 4.78 is 0.720. The van der Waals surface area contributed by atoms with E-state index in [1.165, 1.54) is 0 Å². The van der Waals surface area contributed by atoms with E-state index in [4.69, 9.17) is 11.6 Å². The van der Waals surface area contributed by atoms with Crippen LogP contribution in [0, 0.1) is 0 Å². The van der Waals surface area contributed by atoms with E-state index in [1.807, 2.05) is 6.07 Å². The van der Waals surface area contributed by atoms with Crippen LogP contribution in [0.4, 0.5) is 0 Å². The van der Waals surface area contributed by atoms with Crippen molar-refractivity contribution >= 4 is 44.5 Å². The monoisotopic (exact) mass is 421 g/mol. The molecule has 0 aliphatic carbocycles. The Morgan fingerprint density at radius 3 is 2.56 bits per heavy atom. The zero-order valence-electron chi connectivity index (χ0n) is 12.9. The van der Waals surface area contributed by atoms with Gasteiger partial charge in [-0.15, -0.1) is 0 Å². The highest BCUT2D eigenvalue weighted by molar-refractivity contribution is 9.10. The molecule has 0 spiro atoms. The summed E-state index contributed by atoms with van der Waals surface area (Å²) in [5.74, 6) is -0.201. The Kier molecular flexibility index (Phi) is 5.06. The predicted octanol–water partition coefficient (Wildman–Crippen LogP) is 2.49. The van der Waals surface area contributed by atoms with E-state index in [0.29, 0.717) is 21.6 Å². The van der Waals surface area contributed by atoms with Gasteiger partial charge in [0.05, 0.1) is 17.5 Å². The predicted molar refractivity (Wildman–Crippen MR) is 99.9 cm³/mol. The van der Waals surface area contributed by atoms with E-state index >= 15 is 0 Å². The maximum atomic E-state index is 12.2. The molecule has 0 atom stereocenters. The molecule has 3 aromatic rings. The number of halogens is 2. The molecular weight excluding hydrogens is 410 g/mol. The second-order valence-electron chi connectivity index (χ2n) is 5.44. The average Bonchev–Trinajstić information content (AvgIpc) is 2.56. The van der Waals surface area contributed by atoms with Crippen molar-refractivity contribution in [2.24, 2.45) is 0 Å². The highest BCUT2D eigenvalue weighted by Crippen LogP contribution is 2.20.